The van der Waals surface area contributed by atoms with Gasteiger partial charge in [0.25, 0.3) is 5.79 Å². The van der Waals surface area contributed by atoms with Crippen molar-refractivity contribution in [3.8, 4) is 0 Å². The predicted octanol–water partition coefficient (Wildman–Crippen LogP) is 3.31. The second kappa shape index (κ2) is 4.42. The molecule has 0 bridgehead atoms. The Hall–Kier alpha value is -1.74. The van der Waals surface area contributed by atoms with Gasteiger partial charge in [0.2, 0.25) is 0 Å². The van der Waals surface area contributed by atoms with E-state index in [-0.39, 0.29) is 0 Å². The van der Waals surface area contributed by atoms with Gasteiger partial charge < -0.3 is 14.6 Å². The van der Waals surface area contributed by atoms with Crippen LogP contribution < -0.4 is 0 Å². The van der Waals surface area contributed by atoms with E-state index in [0.717, 1.165) is 17.5 Å². The van der Waals surface area contributed by atoms with E-state index < -0.39 is 11.4 Å². The lowest BCUT2D eigenvalue weighted by atomic mass is 9.85. The topological polar surface area (TPSA) is 38.7 Å². The van der Waals surface area contributed by atoms with Gasteiger partial charge >= 0.3 is 0 Å². The molecule has 0 fully saturated rings. The summed E-state index contributed by atoms with van der Waals surface area (Å²) in [5, 5.41) is 10.8. The first-order valence-electron chi connectivity index (χ1n) is 6.71. The Balaban J connectivity index is 2.09. The number of hydrogen-bond acceptors (Lipinski definition) is 3. The molecule has 1 heterocycles. The van der Waals surface area contributed by atoms with Crippen LogP contribution in [0, 0.1) is 0 Å². The molecular formula is C16H18O3. The number of hydrogen-bond donors (Lipinski definition) is 1. The summed E-state index contributed by atoms with van der Waals surface area (Å²) < 4.78 is 11.4. The van der Waals surface area contributed by atoms with Gasteiger partial charge in [0.15, 0.2) is 0 Å². The third-order valence-corrected chi connectivity index (χ3v) is 3.93. The molecule has 1 N–H and O–H groups in total. The maximum Gasteiger partial charge on any atom is 0.276 e. The molecule has 2 aliphatic rings. The lowest BCUT2D eigenvalue weighted by Crippen LogP contribution is -2.32. The predicted molar refractivity (Wildman–Crippen MR) is 72.0 cm³/mol. The monoisotopic (exact) mass is 258 g/mol. The molecule has 1 aromatic carbocycles. The molecule has 3 rings (SSSR count). The minimum Gasteiger partial charge on any atom is -0.453 e. The van der Waals surface area contributed by atoms with Gasteiger partial charge in [0.1, 0.15) is 18.1 Å². The molecule has 3 heteroatoms. The zero-order valence-electron chi connectivity index (χ0n) is 11.0. The first-order chi connectivity index (χ1) is 9.20. The Kier molecular flexibility index (Phi) is 2.86. The van der Waals surface area contributed by atoms with Gasteiger partial charge in [-0.1, -0.05) is 43.3 Å². The Morgan fingerprint density at radius 2 is 1.84 bits per heavy atom. The van der Waals surface area contributed by atoms with Crippen LogP contribution in [0.25, 0.3) is 0 Å². The highest BCUT2D eigenvalue weighted by Crippen LogP contribution is 2.43. The highest BCUT2D eigenvalue weighted by Gasteiger charge is 2.42. The van der Waals surface area contributed by atoms with Crippen molar-refractivity contribution in [2.24, 2.45) is 0 Å². The van der Waals surface area contributed by atoms with E-state index in [2.05, 4.69) is 0 Å². The molecule has 1 aromatic rings. The fourth-order valence-electron chi connectivity index (χ4n) is 2.87. The number of benzene rings is 1. The van der Waals surface area contributed by atoms with Crippen LogP contribution in [0.4, 0.5) is 0 Å². The van der Waals surface area contributed by atoms with Gasteiger partial charge in [0, 0.05) is 12.0 Å². The number of ether oxygens (including phenoxy) is 2. The van der Waals surface area contributed by atoms with Crippen molar-refractivity contribution in [3.05, 3.63) is 60.1 Å². The lowest BCUT2D eigenvalue weighted by molar-refractivity contribution is -0.153. The molecule has 19 heavy (non-hydrogen) atoms. The Morgan fingerprint density at radius 1 is 1.16 bits per heavy atom. The molecule has 1 atom stereocenters. The third-order valence-electron chi connectivity index (χ3n) is 3.93. The fraction of sp³-hybridized carbons (Fsp3) is 0.375. The molecule has 3 nitrogen and oxygen atoms in total. The van der Waals surface area contributed by atoms with E-state index in [1.54, 1.807) is 12.5 Å². The SMILES string of the molecule is CCC1(c2ccccc2C2(O)C=CCC2)OC=CO1. The van der Waals surface area contributed by atoms with E-state index in [1.807, 2.05) is 43.3 Å². The summed E-state index contributed by atoms with van der Waals surface area (Å²) >= 11 is 0. The standard InChI is InChI=1S/C16H18O3/c1-2-16(18-11-12-19-16)14-8-4-3-7-13(14)15(17)9-5-6-10-15/h3-5,7-9,11-12,17H,2,6,10H2,1H3. The molecule has 0 saturated heterocycles. The first kappa shape index (κ1) is 12.3. The van der Waals surface area contributed by atoms with E-state index in [9.17, 15) is 5.11 Å². The van der Waals surface area contributed by atoms with Crippen LogP contribution in [0.1, 0.15) is 37.3 Å². The summed E-state index contributed by atoms with van der Waals surface area (Å²) in [5.41, 5.74) is 0.861. The van der Waals surface area contributed by atoms with E-state index in [0.29, 0.717) is 12.8 Å². The van der Waals surface area contributed by atoms with Crippen molar-refractivity contribution in [2.45, 2.75) is 37.6 Å². The maximum atomic E-state index is 10.8. The van der Waals surface area contributed by atoms with Crippen LogP contribution in [0.3, 0.4) is 0 Å². The van der Waals surface area contributed by atoms with Crippen LogP contribution >= 0.6 is 0 Å². The van der Waals surface area contributed by atoms with Crippen LogP contribution in [0.15, 0.2) is 48.9 Å². The van der Waals surface area contributed by atoms with Crippen molar-refractivity contribution >= 4 is 0 Å². The first-order valence-corrected chi connectivity index (χ1v) is 6.71. The Bertz CT molecular complexity index is 525. The van der Waals surface area contributed by atoms with E-state index >= 15 is 0 Å². The van der Waals surface area contributed by atoms with E-state index in [1.165, 1.54) is 0 Å². The molecular weight excluding hydrogens is 240 g/mol. The molecule has 0 aromatic heterocycles. The quantitative estimate of drug-likeness (QED) is 0.845. The average molecular weight is 258 g/mol. The highest BCUT2D eigenvalue weighted by atomic mass is 16.7. The summed E-state index contributed by atoms with van der Waals surface area (Å²) in [6.07, 6.45) is 9.29. The Labute approximate surface area is 113 Å². The molecule has 100 valence electrons. The van der Waals surface area contributed by atoms with Gasteiger partial charge in [-0.05, 0) is 18.4 Å². The van der Waals surface area contributed by atoms with Crippen LogP contribution in [-0.2, 0) is 20.9 Å². The summed E-state index contributed by atoms with van der Waals surface area (Å²) in [5.74, 6) is -0.803. The highest BCUT2D eigenvalue weighted by molar-refractivity contribution is 5.40. The number of rotatable bonds is 3. The third kappa shape index (κ3) is 1.85. The van der Waals surface area contributed by atoms with Crippen molar-refractivity contribution < 1.29 is 14.6 Å². The number of aliphatic hydroxyl groups is 1. The molecule has 1 unspecified atom stereocenters. The van der Waals surface area contributed by atoms with Crippen molar-refractivity contribution in [2.75, 3.05) is 0 Å². The maximum absolute atomic E-state index is 10.8. The minimum atomic E-state index is -0.909. The lowest BCUT2D eigenvalue weighted by Gasteiger charge is -2.32. The molecule has 0 saturated carbocycles. The summed E-state index contributed by atoms with van der Waals surface area (Å²) in [6, 6.07) is 7.81. The summed E-state index contributed by atoms with van der Waals surface area (Å²) in [6.45, 7) is 2.01. The van der Waals surface area contributed by atoms with Crippen molar-refractivity contribution in [1.82, 2.24) is 0 Å². The largest absolute Gasteiger partial charge is 0.453 e. The second-order valence-corrected chi connectivity index (χ2v) is 5.03. The van der Waals surface area contributed by atoms with Gasteiger partial charge in [-0.2, -0.15) is 0 Å². The molecule has 0 amide bonds. The van der Waals surface area contributed by atoms with Crippen LogP contribution in [-0.4, -0.2) is 5.11 Å². The van der Waals surface area contributed by atoms with Gasteiger partial charge in [-0.3, -0.25) is 0 Å². The molecule has 1 aliphatic carbocycles. The fourth-order valence-corrected chi connectivity index (χ4v) is 2.87. The van der Waals surface area contributed by atoms with Crippen molar-refractivity contribution in [3.63, 3.8) is 0 Å². The summed E-state index contributed by atoms with van der Waals surface area (Å²) in [7, 11) is 0. The molecule has 0 radical (unpaired) electrons. The summed E-state index contributed by atoms with van der Waals surface area (Å²) in [4.78, 5) is 0. The second-order valence-electron chi connectivity index (χ2n) is 5.03. The molecule has 1 aliphatic heterocycles. The minimum absolute atomic E-state index is 0.677. The average Bonchev–Trinajstić information content (AvgIpc) is 3.09. The normalized spacial score (nSPS) is 27.3. The molecule has 0 spiro atoms. The van der Waals surface area contributed by atoms with Gasteiger partial charge in [-0.15, -0.1) is 0 Å². The van der Waals surface area contributed by atoms with Gasteiger partial charge in [0.05, 0.1) is 0 Å². The zero-order chi connectivity index (χ0) is 13.3. The van der Waals surface area contributed by atoms with Crippen LogP contribution in [0.5, 0.6) is 0 Å². The zero-order valence-corrected chi connectivity index (χ0v) is 11.0. The number of allylic oxidation sites excluding steroid dienone is 1. The van der Waals surface area contributed by atoms with E-state index in [4.69, 9.17) is 9.47 Å². The smallest absolute Gasteiger partial charge is 0.276 e. The Morgan fingerprint density at radius 3 is 2.42 bits per heavy atom. The van der Waals surface area contributed by atoms with Crippen LogP contribution in [0.2, 0.25) is 0 Å². The van der Waals surface area contributed by atoms with Crippen molar-refractivity contribution in [1.29, 1.82) is 0 Å². The van der Waals surface area contributed by atoms with Gasteiger partial charge in [-0.25, -0.2) is 0 Å².